The molecule has 0 aliphatic heterocycles. The highest BCUT2D eigenvalue weighted by Gasteiger charge is 2.05. The molecule has 0 saturated carbocycles. The number of nitrogens with zero attached hydrogens (tertiary/aromatic N) is 6. The molecule has 0 aliphatic carbocycles. The van der Waals surface area contributed by atoms with Gasteiger partial charge in [-0.25, -0.2) is 9.67 Å². The molecule has 0 radical (unpaired) electrons. The predicted molar refractivity (Wildman–Crippen MR) is 69.3 cm³/mol. The Bertz CT molecular complexity index is 439. The van der Waals surface area contributed by atoms with Gasteiger partial charge < -0.3 is 9.88 Å². The van der Waals surface area contributed by atoms with E-state index in [1.807, 2.05) is 24.3 Å². The van der Waals surface area contributed by atoms with E-state index in [-0.39, 0.29) is 0 Å². The number of hydrogen-bond donors (Lipinski definition) is 1. The van der Waals surface area contributed by atoms with Gasteiger partial charge in [0.25, 0.3) is 0 Å². The van der Waals surface area contributed by atoms with E-state index in [0.29, 0.717) is 0 Å². The maximum Gasteiger partial charge on any atom is 0.209 e. The van der Waals surface area contributed by atoms with Gasteiger partial charge in [-0.2, -0.15) is 0 Å². The monoisotopic (exact) mass is 267 g/mol. The Balaban J connectivity index is 1.71. The predicted octanol–water partition coefficient (Wildman–Crippen LogP) is 0.271. The van der Waals surface area contributed by atoms with Gasteiger partial charge in [0.15, 0.2) is 0 Å². The fraction of sp³-hybridized carbons (Fsp3) is 0.600. The second-order valence-electron chi connectivity index (χ2n) is 3.79. The number of imidazole rings is 1. The van der Waals surface area contributed by atoms with Crippen LogP contribution in [-0.4, -0.2) is 49.1 Å². The third-order valence-corrected chi connectivity index (χ3v) is 3.47. The van der Waals surface area contributed by atoms with Crippen molar-refractivity contribution in [2.45, 2.75) is 24.7 Å². The molecule has 0 aromatic carbocycles. The van der Waals surface area contributed by atoms with E-state index in [4.69, 9.17) is 0 Å². The van der Waals surface area contributed by atoms with Gasteiger partial charge in [0.05, 0.1) is 12.9 Å². The molecule has 0 atom stereocenters. The lowest BCUT2D eigenvalue weighted by Gasteiger charge is -2.04. The van der Waals surface area contributed by atoms with Crippen molar-refractivity contribution < 1.29 is 0 Å². The first-order valence-corrected chi connectivity index (χ1v) is 6.88. The molecule has 2 heterocycles. The van der Waals surface area contributed by atoms with Crippen molar-refractivity contribution in [1.82, 2.24) is 35.1 Å². The molecule has 0 bridgehead atoms. The van der Waals surface area contributed by atoms with E-state index >= 15 is 0 Å². The molecule has 1 N–H and O–H groups in total. The first kappa shape index (κ1) is 13.0. The first-order chi connectivity index (χ1) is 8.90. The van der Waals surface area contributed by atoms with Crippen LogP contribution in [0.2, 0.25) is 0 Å². The van der Waals surface area contributed by atoms with Crippen LogP contribution in [0.25, 0.3) is 0 Å². The molecule has 0 unspecified atom stereocenters. The van der Waals surface area contributed by atoms with Gasteiger partial charge in [-0.1, -0.05) is 11.8 Å². The van der Waals surface area contributed by atoms with Gasteiger partial charge in [0.1, 0.15) is 0 Å². The molecule has 0 fully saturated rings. The highest BCUT2D eigenvalue weighted by molar-refractivity contribution is 7.99. The van der Waals surface area contributed by atoms with E-state index in [2.05, 4.69) is 30.4 Å². The SMILES string of the molecule is CNCCn1nnnc1SCCCn1ccnc1. The number of rotatable bonds is 8. The van der Waals surface area contributed by atoms with E-state index in [1.54, 1.807) is 18.0 Å². The summed E-state index contributed by atoms with van der Waals surface area (Å²) in [6.45, 7) is 2.64. The molecule has 18 heavy (non-hydrogen) atoms. The largest absolute Gasteiger partial charge is 0.337 e. The molecular formula is C10H17N7S. The van der Waals surface area contributed by atoms with Crippen LogP contribution in [0.15, 0.2) is 23.9 Å². The van der Waals surface area contributed by atoms with Crippen LogP contribution in [0, 0.1) is 0 Å². The Morgan fingerprint density at radius 3 is 3.11 bits per heavy atom. The molecule has 7 nitrogen and oxygen atoms in total. The average Bonchev–Trinajstić information content (AvgIpc) is 3.03. The van der Waals surface area contributed by atoms with Crippen LogP contribution in [0.1, 0.15) is 6.42 Å². The van der Waals surface area contributed by atoms with Crippen molar-refractivity contribution in [2.24, 2.45) is 0 Å². The fourth-order valence-corrected chi connectivity index (χ4v) is 2.31. The minimum absolute atomic E-state index is 0.799. The van der Waals surface area contributed by atoms with Crippen molar-refractivity contribution in [3.05, 3.63) is 18.7 Å². The fourth-order valence-electron chi connectivity index (χ4n) is 1.49. The topological polar surface area (TPSA) is 73.5 Å². The van der Waals surface area contributed by atoms with E-state index in [9.17, 15) is 0 Å². The van der Waals surface area contributed by atoms with Gasteiger partial charge in [-0.05, 0) is 23.9 Å². The second-order valence-corrected chi connectivity index (χ2v) is 4.85. The van der Waals surface area contributed by atoms with Crippen molar-refractivity contribution in [3.8, 4) is 0 Å². The van der Waals surface area contributed by atoms with Crippen LogP contribution < -0.4 is 5.32 Å². The molecule has 0 amide bonds. The van der Waals surface area contributed by atoms with Crippen molar-refractivity contribution in [1.29, 1.82) is 0 Å². The number of likely N-dealkylation sites (N-methyl/N-ethyl adjacent to an activating group) is 1. The van der Waals surface area contributed by atoms with Gasteiger partial charge in [-0.15, -0.1) is 5.10 Å². The van der Waals surface area contributed by atoms with Crippen molar-refractivity contribution in [2.75, 3.05) is 19.3 Å². The van der Waals surface area contributed by atoms with Gasteiger partial charge in [-0.3, -0.25) is 0 Å². The highest BCUT2D eigenvalue weighted by atomic mass is 32.2. The number of thioether (sulfide) groups is 1. The number of nitrogens with one attached hydrogen (secondary N) is 1. The zero-order valence-corrected chi connectivity index (χ0v) is 11.2. The molecule has 2 rings (SSSR count). The summed E-state index contributed by atoms with van der Waals surface area (Å²) in [5.74, 6) is 0.998. The summed E-state index contributed by atoms with van der Waals surface area (Å²) in [5, 5.41) is 15.7. The third-order valence-electron chi connectivity index (χ3n) is 2.42. The molecule has 0 spiro atoms. The highest BCUT2D eigenvalue weighted by Crippen LogP contribution is 2.14. The molecular weight excluding hydrogens is 250 g/mol. The summed E-state index contributed by atoms with van der Waals surface area (Å²) in [7, 11) is 1.92. The molecule has 0 saturated heterocycles. The molecule has 0 aliphatic rings. The average molecular weight is 267 g/mol. The number of tetrazole rings is 1. The molecule has 2 aromatic rings. The van der Waals surface area contributed by atoms with Gasteiger partial charge in [0.2, 0.25) is 5.16 Å². The van der Waals surface area contributed by atoms with Crippen LogP contribution in [0.5, 0.6) is 0 Å². The molecule has 98 valence electrons. The summed E-state index contributed by atoms with van der Waals surface area (Å²) >= 11 is 1.69. The van der Waals surface area contributed by atoms with Crippen LogP contribution in [0.3, 0.4) is 0 Å². The number of aromatic nitrogens is 6. The van der Waals surface area contributed by atoms with Crippen molar-refractivity contribution in [3.63, 3.8) is 0 Å². The summed E-state index contributed by atoms with van der Waals surface area (Å²) in [6, 6.07) is 0. The third kappa shape index (κ3) is 3.81. The van der Waals surface area contributed by atoms with Gasteiger partial charge in [0, 0.05) is 31.2 Å². The lowest BCUT2D eigenvalue weighted by molar-refractivity contribution is 0.529. The van der Waals surface area contributed by atoms with Crippen LogP contribution >= 0.6 is 11.8 Å². The molecule has 8 heteroatoms. The Hall–Kier alpha value is -1.41. The van der Waals surface area contributed by atoms with Crippen LogP contribution in [0.4, 0.5) is 0 Å². The maximum atomic E-state index is 4.02. The minimum atomic E-state index is 0.799. The normalized spacial score (nSPS) is 10.9. The second kappa shape index (κ2) is 7.12. The summed E-state index contributed by atoms with van der Waals surface area (Å²) in [5.41, 5.74) is 0. The first-order valence-electron chi connectivity index (χ1n) is 5.89. The lowest BCUT2D eigenvalue weighted by atomic mass is 10.5. The molecule has 2 aromatic heterocycles. The standard InChI is InChI=1S/C10H17N7S/c1-11-3-7-17-10(13-14-15-17)18-8-2-5-16-6-4-12-9-16/h4,6,9,11H,2-3,5,7-8H2,1H3. The number of aryl methyl sites for hydroxylation is 1. The zero-order valence-electron chi connectivity index (χ0n) is 10.4. The van der Waals surface area contributed by atoms with E-state index in [0.717, 1.165) is 37.0 Å². The summed E-state index contributed by atoms with van der Waals surface area (Å²) in [4.78, 5) is 4.01. The Morgan fingerprint density at radius 1 is 1.39 bits per heavy atom. The van der Waals surface area contributed by atoms with Gasteiger partial charge >= 0.3 is 0 Å². The quantitative estimate of drug-likeness (QED) is 0.547. The summed E-state index contributed by atoms with van der Waals surface area (Å²) < 4.78 is 3.91. The Labute approximate surface area is 110 Å². The Kier molecular flexibility index (Phi) is 5.15. The summed E-state index contributed by atoms with van der Waals surface area (Å²) in [6.07, 6.45) is 6.68. The maximum absolute atomic E-state index is 4.02. The zero-order chi connectivity index (χ0) is 12.6. The Morgan fingerprint density at radius 2 is 2.33 bits per heavy atom. The van der Waals surface area contributed by atoms with E-state index < -0.39 is 0 Å². The number of hydrogen-bond acceptors (Lipinski definition) is 6. The minimum Gasteiger partial charge on any atom is -0.337 e. The lowest BCUT2D eigenvalue weighted by Crippen LogP contribution is -2.16. The van der Waals surface area contributed by atoms with Crippen LogP contribution in [-0.2, 0) is 13.1 Å². The smallest absolute Gasteiger partial charge is 0.209 e. The van der Waals surface area contributed by atoms with Crippen molar-refractivity contribution >= 4 is 11.8 Å². The van der Waals surface area contributed by atoms with E-state index in [1.165, 1.54) is 0 Å².